The number of thiazole rings is 1. The molecule has 0 unspecified atom stereocenters. The van der Waals surface area contributed by atoms with Gasteiger partial charge in [-0.25, -0.2) is 4.98 Å². The lowest BCUT2D eigenvalue weighted by Crippen LogP contribution is -2.27. The molecule has 0 atom stereocenters. The number of carbonyl (C=O) groups is 1. The number of amides is 1. The van der Waals surface area contributed by atoms with Gasteiger partial charge in [-0.05, 0) is 13.3 Å². The largest absolute Gasteiger partial charge is 0.349 e. The minimum atomic E-state index is 0.168. The summed E-state index contributed by atoms with van der Waals surface area (Å²) in [5.74, 6) is 0.168. The molecular formula is C11H19N3OS. The molecule has 0 saturated heterocycles. The van der Waals surface area contributed by atoms with E-state index in [1.165, 1.54) is 4.88 Å². The molecule has 0 aromatic carbocycles. The van der Waals surface area contributed by atoms with Crippen LogP contribution >= 0.6 is 11.3 Å². The van der Waals surface area contributed by atoms with E-state index >= 15 is 0 Å². The number of hydrogen-bond acceptors (Lipinski definition) is 4. The minimum Gasteiger partial charge on any atom is -0.349 e. The molecule has 0 spiro atoms. The summed E-state index contributed by atoms with van der Waals surface area (Å²) in [4.78, 5) is 18.4. The lowest BCUT2D eigenvalue weighted by atomic mass is 10.3. The van der Waals surface area contributed by atoms with Gasteiger partial charge < -0.3 is 10.2 Å². The van der Waals surface area contributed by atoms with Crippen LogP contribution in [0.25, 0.3) is 0 Å². The van der Waals surface area contributed by atoms with Gasteiger partial charge in [0.15, 0.2) is 0 Å². The van der Waals surface area contributed by atoms with E-state index < -0.39 is 0 Å². The molecule has 0 bridgehead atoms. The summed E-state index contributed by atoms with van der Waals surface area (Å²) in [6, 6.07) is 0. The highest BCUT2D eigenvalue weighted by Gasteiger charge is 2.03. The minimum absolute atomic E-state index is 0.168. The fourth-order valence-electron chi connectivity index (χ4n) is 1.31. The zero-order valence-corrected chi connectivity index (χ0v) is 10.9. The third-order valence-electron chi connectivity index (χ3n) is 2.39. The first kappa shape index (κ1) is 13.1. The van der Waals surface area contributed by atoms with E-state index in [2.05, 4.69) is 10.3 Å². The molecule has 1 amide bonds. The second-order valence-electron chi connectivity index (χ2n) is 3.90. The van der Waals surface area contributed by atoms with Crippen molar-refractivity contribution in [2.45, 2.75) is 19.8 Å². The summed E-state index contributed by atoms with van der Waals surface area (Å²) in [5, 5.41) is 3.27. The topological polar surface area (TPSA) is 45.2 Å². The van der Waals surface area contributed by atoms with E-state index in [-0.39, 0.29) is 5.91 Å². The van der Waals surface area contributed by atoms with E-state index in [0.717, 1.165) is 25.2 Å². The van der Waals surface area contributed by atoms with Crippen LogP contribution < -0.4 is 5.32 Å². The second kappa shape index (κ2) is 6.60. The Bertz CT molecular complexity index is 336. The zero-order chi connectivity index (χ0) is 12.0. The van der Waals surface area contributed by atoms with Gasteiger partial charge in [0.25, 0.3) is 0 Å². The molecule has 5 heteroatoms. The summed E-state index contributed by atoms with van der Waals surface area (Å²) in [7, 11) is 3.56. The van der Waals surface area contributed by atoms with Gasteiger partial charge in [0.2, 0.25) is 5.91 Å². The van der Waals surface area contributed by atoms with Crippen LogP contribution in [-0.4, -0.2) is 43.0 Å². The standard InChI is InChI=1S/C11H19N3OS/c1-9-10(16-8-13-9)4-6-12-7-5-11(15)14(2)3/h8,12H,4-7H2,1-3H3. The first-order chi connectivity index (χ1) is 7.61. The molecule has 16 heavy (non-hydrogen) atoms. The molecule has 0 fully saturated rings. The van der Waals surface area contributed by atoms with Gasteiger partial charge in [0.1, 0.15) is 0 Å². The molecule has 90 valence electrons. The number of rotatable bonds is 6. The van der Waals surface area contributed by atoms with E-state index in [1.807, 2.05) is 12.4 Å². The van der Waals surface area contributed by atoms with Crippen molar-refractivity contribution in [3.8, 4) is 0 Å². The highest BCUT2D eigenvalue weighted by atomic mass is 32.1. The molecule has 1 aromatic heterocycles. The highest BCUT2D eigenvalue weighted by Crippen LogP contribution is 2.11. The van der Waals surface area contributed by atoms with Crippen LogP contribution in [0.5, 0.6) is 0 Å². The van der Waals surface area contributed by atoms with Crippen molar-refractivity contribution in [1.82, 2.24) is 15.2 Å². The Morgan fingerprint density at radius 1 is 1.50 bits per heavy atom. The predicted octanol–water partition coefficient (Wildman–Crippen LogP) is 1.06. The van der Waals surface area contributed by atoms with Crippen molar-refractivity contribution < 1.29 is 4.79 Å². The number of nitrogens with zero attached hydrogens (tertiary/aromatic N) is 2. The summed E-state index contributed by atoms with van der Waals surface area (Å²) in [5.41, 5.74) is 3.00. The maximum atomic E-state index is 11.3. The number of aromatic nitrogens is 1. The van der Waals surface area contributed by atoms with Gasteiger partial charge in [-0.1, -0.05) is 0 Å². The van der Waals surface area contributed by atoms with E-state index in [0.29, 0.717) is 6.42 Å². The van der Waals surface area contributed by atoms with Gasteiger partial charge in [0, 0.05) is 38.5 Å². The van der Waals surface area contributed by atoms with E-state index in [1.54, 1.807) is 30.3 Å². The average molecular weight is 241 g/mol. The zero-order valence-electron chi connectivity index (χ0n) is 10.1. The molecular weight excluding hydrogens is 222 g/mol. The number of carbonyl (C=O) groups excluding carboxylic acids is 1. The van der Waals surface area contributed by atoms with Gasteiger partial charge >= 0.3 is 0 Å². The van der Waals surface area contributed by atoms with Crippen LogP contribution in [0.4, 0.5) is 0 Å². The van der Waals surface area contributed by atoms with Crippen molar-refractivity contribution in [1.29, 1.82) is 0 Å². The Kier molecular flexibility index (Phi) is 5.42. The Balaban J connectivity index is 2.09. The molecule has 4 nitrogen and oxygen atoms in total. The van der Waals surface area contributed by atoms with E-state index in [9.17, 15) is 4.79 Å². The first-order valence-corrected chi connectivity index (χ1v) is 6.29. The number of hydrogen-bond donors (Lipinski definition) is 1. The second-order valence-corrected chi connectivity index (χ2v) is 4.84. The lowest BCUT2D eigenvalue weighted by molar-refractivity contribution is -0.128. The van der Waals surface area contributed by atoms with Crippen LogP contribution in [0, 0.1) is 6.92 Å². The quantitative estimate of drug-likeness (QED) is 0.758. The van der Waals surface area contributed by atoms with Gasteiger partial charge in [0.05, 0.1) is 11.2 Å². The van der Waals surface area contributed by atoms with E-state index in [4.69, 9.17) is 0 Å². The molecule has 0 saturated carbocycles. The molecule has 1 aromatic rings. The molecule has 1 rings (SSSR count). The lowest BCUT2D eigenvalue weighted by Gasteiger charge is -2.10. The van der Waals surface area contributed by atoms with Crippen LogP contribution in [0.3, 0.4) is 0 Å². The van der Waals surface area contributed by atoms with Crippen molar-refractivity contribution in [2.24, 2.45) is 0 Å². The maximum Gasteiger partial charge on any atom is 0.223 e. The Labute approximate surface area is 101 Å². The summed E-state index contributed by atoms with van der Waals surface area (Å²) < 4.78 is 0. The molecule has 0 aliphatic heterocycles. The Hall–Kier alpha value is -0.940. The van der Waals surface area contributed by atoms with Crippen LogP contribution in [0.1, 0.15) is 17.0 Å². The SMILES string of the molecule is Cc1ncsc1CCNCCC(=O)N(C)C. The fraction of sp³-hybridized carbons (Fsp3) is 0.636. The van der Waals surface area contributed by atoms with Crippen molar-refractivity contribution in [2.75, 3.05) is 27.2 Å². The third kappa shape index (κ3) is 4.28. The third-order valence-corrected chi connectivity index (χ3v) is 3.38. The van der Waals surface area contributed by atoms with Crippen molar-refractivity contribution in [3.63, 3.8) is 0 Å². The van der Waals surface area contributed by atoms with Gasteiger partial charge in [-0.2, -0.15) is 0 Å². The van der Waals surface area contributed by atoms with Gasteiger partial charge in [-0.3, -0.25) is 4.79 Å². The normalized spacial score (nSPS) is 10.4. The molecule has 1 N–H and O–H groups in total. The van der Waals surface area contributed by atoms with Crippen LogP contribution in [0.15, 0.2) is 5.51 Å². The predicted molar refractivity (Wildman–Crippen MR) is 66.7 cm³/mol. The fourth-order valence-corrected chi connectivity index (χ4v) is 2.09. The Morgan fingerprint density at radius 2 is 2.25 bits per heavy atom. The monoisotopic (exact) mass is 241 g/mol. The van der Waals surface area contributed by atoms with Gasteiger partial charge in [-0.15, -0.1) is 11.3 Å². The van der Waals surface area contributed by atoms with Crippen LogP contribution in [-0.2, 0) is 11.2 Å². The molecule has 0 aliphatic carbocycles. The molecule has 1 heterocycles. The van der Waals surface area contributed by atoms with Crippen molar-refractivity contribution >= 4 is 17.2 Å². The molecule has 0 aliphatic rings. The summed E-state index contributed by atoms with van der Waals surface area (Å²) in [6.45, 7) is 3.68. The molecule has 0 radical (unpaired) electrons. The smallest absolute Gasteiger partial charge is 0.223 e. The maximum absolute atomic E-state index is 11.3. The van der Waals surface area contributed by atoms with Crippen molar-refractivity contribution in [3.05, 3.63) is 16.1 Å². The average Bonchev–Trinajstić information content (AvgIpc) is 2.63. The summed E-state index contributed by atoms with van der Waals surface area (Å²) >= 11 is 1.69. The number of nitrogens with one attached hydrogen (secondary N) is 1. The number of aryl methyl sites for hydroxylation is 1. The highest BCUT2D eigenvalue weighted by molar-refractivity contribution is 7.09. The Morgan fingerprint density at radius 3 is 2.81 bits per heavy atom. The first-order valence-electron chi connectivity index (χ1n) is 5.41. The van der Waals surface area contributed by atoms with Crippen LogP contribution in [0.2, 0.25) is 0 Å². The summed E-state index contributed by atoms with van der Waals surface area (Å²) in [6.07, 6.45) is 1.56.